The average Bonchev–Trinajstić information content (AvgIpc) is 3.17. The highest BCUT2D eigenvalue weighted by atomic mass is 35.5. The maximum Gasteiger partial charge on any atom is 0.197 e. The van der Waals surface area contributed by atoms with Crippen molar-refractivity contribution in [3.63, 3.8) is 0 Å². The highest BCUT2D eigenvalue weighted by Crippen LogP contribution is 2.45. The van der Waals surface area contributed by atoms with Crippen molar-refractivity contribution in [2.24, 2.45) is 0 Å². The first-order valence-corrected chi connectivity index (χ1v) is 11.2. The summed E-state index contributed by atoms with van der Waals surface area (Å²) < 4.78 is 17.6. The van der Waals surface area contributed by atoms with Crippen LogP contribution in [0.3, 0.4) is 0 Å². The lowest BCUT2D eigenvalue weighted by atomic mass is 9.89. The van der Waals surface area contributed by atoms with Crippen LogP contribution >= 0.6 is 11.6 Å². The minimum Gasteiger partial charge on any atom is -0.496 e. The largest absolute Gasteiger partial charge is 0.496 e. The first-order valence-electron chi connectivity index (χ1n) is 10.8. The Kier molecular flexibility index (Phi) is 6.56. The summed E-state index contributed by atoms with van der Waals surface area (Å²) in [6.07, 6.45) is 0.797. The predicted octanol–water partition coefficient (Wildman–Crippen LogP) is 3.98. The van der Waals surface area contributed by atoms with Crippen molar-refractivity contribution in [1.82, 2.24) is 4.90 Å². The van der Waals surface area contributed by atoms with E-state index in [0.717, 1.165) is 24.2 Å². The first kappa shape index (κ1) is 23.4. The summed E-state index contributed by atoms with van der Waals surface area (Å²) in [6.45, 7) is 0.800. The number of rotatable bonds is 6. The van der Waals surface area contributed by atoms with Crippen molar-refractivity contribution in [3.05, 3.63) is 51.1 Å². The van der Waals surface area contributed by atoms with Gasteiger partial charge in [-0.2, -0.15) is 0 Å². The molecule has 0 radical (unpaired) electrons. The van der Waals surface area contributed by atoms with Crippen molar-refractivity contribution >= 4 is 28.3 Å². The van der Waals surface area contributed by atoms with E-state index in [4.69, 9.17) is 25.5 Å². The summed E-state index contributed by atoms with van der Waals surface area (Å²) in [6, 6.07) is 8.65. The van der Waals surface area contributed by atoms with Crippen LogP contribution in [0, 0.1) is 0 Å². The van der Waals surface area contributed by atoms with Gasteiger partial charge in [-0.1, -0.05) is 11.6 Å². The van der Waals surface area contributed by atoms with Gasteiger partial charge in [0.2, 0.25) is 0 Å². The third-order valence-electron chi connectivity index (χ3n) is 6.52. The van der Waals surface area contributed by atoms with Crippen molar-refractivity contribution in [3.8, 4) is 22.8 Å². The predicted molar refractivity (Wildman–Crippen MR) is 131 cm³/mol. The third kappa shape index (κ3) is 4.05. The van der Waals surface area contributed by atoms with Crippen LogP contribution in [0.5, 0.6) is 11.5 Å². The zero-order valence-corrected chi connectivity index (χ0v) is 20.3. The van der Waals surface area contributed by atoms with Crippen LogP contribution in [0.25, 0.3) is 22.3 Å². The van der Waals surface area contributed by atoms with E-state index >= 15 is 0 Å². The Morgan fingerprint density at radius 3 is 2.52 bits per heavy atom. The molecule has 176 valence electrons. The van der Waals surface area contributed by atoms with Gasteiger partial charge in [0.05, 0.1) is 25.8 Å². The third-order valence-corrected chi connectivity index (χ3v) is 6.83. The molecule has 1 aliphatic rings. The van der Waals surface area contributed by atoms with Crippen LogP contribution < -0.4 is 19.8 Å². The summed E-state index contributed by atoms with van der Waals surface area (Å²) in [5, 5.41) is 10.9. The summed E-state index contributed by atoms with van der Waals surface area (Å²) >= 11 is 6.58. The van der Waals surface area contributed by atoms with Gasteiger partial charge in [0, 0.05) is 55.0 Å². The van der Waals surface area contributed by atoms with Gasteiger partial charge in [0.25, 0.3) is 0 Å². The highest BCUT2D eigenvalue weighted by Gasteiger charge is 2.37. The number of halogens is 1. The van der Waals surface area contributed by atoms with Crippen molar-refractivity contribution in [2.45, 2.75) is 18.4 Å². The number of ether oxygens (including phenoxy) is 2. The molecule has 33 heavy (non-hydrogen) atoms. The molecule has 1 saturated heterocycles. The fourth-order valence-electron chi connectivity index (χ4n) is 4.70. The SMILES string of the molecule is COc1cc(OC)c2c(=O)cc(-c3ccc(N(C)C)cc3Cl)oc2c1[C@H]1CCN(C)[C@@H]1CO. The van der Waals surface area contributed by atoms with E-state index < -0.39 is 0 Å². The van der Waals surface area contributed by atoms with Crippen LogP contribution in [-0.2, 0) is 0 Å². The van der Waals surface area contributed by atoms with Gasteiger partial charge in [-0.25, -0.2) is 0 Å². The Balaban J connectivity index is 2.02. The molecule has 7 nitrogen and oxygen atoms in total. The zero-order chi connectivity index (χ0) is 23.9. The van der Waals surface area contributed by atoms with Gasteiger partial charge >= 0.3 is 0 Å². The number of aliphatic hydroxyl groups excluding tert-OH is 1. The number of nitrogens with zero attached hydrogens (tertiary/aromatic N) is 2. The van der Waals surface area contributed by atoms with Gasteiger partial charge in [0.1, 0.15) is 28.2 Å². The molecule has 0 unspecified atom stereocenters. The highest BCUT2D eigenvalue weighted by molar-refractivity contribution is 6.33. The second kappa shape index (κ2) is 9.25. The molecule has 0 bridgehead atoms. The van der Waals surface area contributed by atoms with E-state index in [1.807, 2.05) is 44.2 Å². The molecule has 8 heteroatoms. The Labute approximate surface area is 198 Å². The molecule has 2 atom stereocenters. The molecule has 2 aromatic carbocycles. The van der Waals surface area contributed by atoms with Gasteiger partial charge in [-0.05, 0) is 38.2 Å². The minimum absolute atomic E-state index is 0.0143. The second-order valence-electron chi connectivity index (χ2n) is 8.56. The Hall–Kier alpha value is -2.74. The molecular weight excluding hydrogens is 444 g/mol. The summed E-state index contributed by atoms with van der Waals surface area (Å²) in [4.78, 5) is 17.4. The molecule has 1 aliphatic heterocycles. The van der Waals surface area contributed by atoms with Gasteiger partial charge in [-0.3, -0.25) is 4.79 Å². The van der Waals surface area contributed by atoms with E-state index in [2.05, 4.69) is 4.90 Å². The number of likely N-dealkylation sites (tertiary alicyclic amines) is 1. The fraction of sp³-hybridized carbons (Fsp3) is 0.400. The van der Waals surface area contributed by atoms with Crippen molar-refractivity contribution < 1.29 is 19.0 Å². The lowest BCUT2D eigenvalue weighted by Crippen LogP contribution is -2.32. The monoisotopic (exact) mass is 472 g/mol. The molecule has 1 N–H and O–H groups in total. The summed E-state index contributed by atoms with van der Waals surface area (Å²) in [7, 11) is 8.94. The van der Waals surface area contributed by atoms with E-state index in [1.54, 1.807) is 13.2 Å². The Morgan fingerprint density at radius 1 is 1.18 bits per heavy atom. The number of methoxy groups -OCH3 is 2. The quantitative estimate of drug-likeness (QED) is 0.581. The molecule has 2 heterocycles. The molecule has 4 rings (SSSR count). The number of likely N-dealkylation sites (N-methyl/N-ethyl adjacent to an activating group) is 1. The fourth-order valence-corrected chi connectivity index (χ4v) is 4.97. The topological polar surface area (TPSA) is 75.4 Å². The molecule has 1 aromatic heterocycles. The number of anilines is 1. The van der Waals surface area contributed by atoms with E-state index in [1.165, 1.54) is 13.2 Å². The van der Waals surface area contributed by atoms with Gasteiger partial charge in [-0.15, -0.1) is 0 Å². The Bertz CT molecular complexity index is 1240. The molecule has 1 fully saturated rings. The van der Waals surface area contributed by atoms with Crippen LogP contribution in [0.2, 0.25) is 5.02 Å². The summed E-state index contributed by atoms with van der Waals surface area (Å²) in [5.41, 5.74) is 2.50. The number of hydrogen-bond acceptors (Lipinski definition) is 7. The number of fused-ring (bicyclic) bond motifs is 1. The molecule has 0 amide bonds. The first-order chi connectivity index (χ1) is 15.8. The van der Waals surface area contributed by atoms with Gasteiger partial charge < -0.3 is 28.8 Å². The van der Waals surface area contributed by atoms with Gasteiger partial charge in [0.15, 0.2) is 5.43 Å². The maximum atomic E-state index is 13.3. The van der Waals surface area contributed by atoms with E-state index in [9.17, 15) is 9.90 Å². The molecule has 0 saturated carbocycles. The number of aliphatic hydroxyl groups is 1. The number of hydrogen-bond donors (Lipinski definition) is 1. The number of benzene rings is 2. The smallest absolute Gasteiger partial charge is 0.197 e. The van der Waals surface area contributed by atoms with Crippen molar-refractivity contribution in [1.29, 1.82) is 0 Å². The lowest BCUT2D eigenvalue weighted by Gasteiger charge is -2.25. The second-order valence-corrected chi connectivity index (χ2v) is 8.97. The lowest BCUT2D eigenvalue weighted by molar-refractivity contribution is 0.171. The van der Waals surface area contributed by atoms with Crippen LogP contribution in [0.1, 0.15) is 17.9 Å². The van der Waals surface area contributed by atoms with Crippen molar-refractivity contribution in [2.75, 3.05) is 53.4 Å². The maximum absolute atomic E-state index is 13.3. The molecule has 0 aliphatic carbocycles. The van der Waals surface area contributed by atoms with E-state index in [-0.39, 0.29) is 24.0 Å². The van der Waals surface area contributed by atoms with E-state index in [0.29, 0.717) is 38.8 Å². The zero-order valence-electron chi connectivity index (χ0n) is 19.5. The average molecular weight is 473 g/mol. The molecule has 3 aromatic rings. The molecular formula is C25H29ClN2O5. The van der Waals surface area contributed by atoms with Crippen LogP contribution in [0.4, 0.5) is 5.69 Å². The Morgan fingerprint density at radius 2 is 1.91 bits per heavy atom. The summed E-state index contributed by atoms with van der Waals surface area (Å²) in [5.74, 6) is 1.24. The normalized spacial score (nSPS) is 18.6. The molecule has 0 spiro atoms. The van der Waals surface area contributed by atoms with Crippen LogP contribution in [-0.4, -0.2) is 64.6 Å². The minimum atomic E-state index is -0.230. The van der Waals surface area contributed by atoms with Crippen LogP contribution in [0.15, 0.2) is 39.5 Å². The standard InChI is InChI=1S/C25H29ClN2O5/c1-27(2)14-6-7-15(17(26)10-14)20-11-19(30)24-22(32-5)12-21(31-4)23(25(24)33-20)16-8-9-28(3)18(16)13-29/h6-7,10-12,16,18,29H,8-9,13H2,1-5H3/t16-,18+/m0/s1.